The number of carbonyl (C=O) groups excluding carboxylic acids is 1. The minimum atomic E-state index is -0.421. The van der Waals surface area contributed by atoms with Crippen LogP contribution >= 0.6 is 11.6 Å². The predicted octanol–water partition coefficient (Wildman–Crippen LogP) is 1.78. The maximum atomic E-state index is 11.6. The molecule has 5 nitrogen and oxygen atoms in total. The molecule has 0 aliphatic heterocycles. The molecule has 1 amide bonds. The molecule has 0 bridgehead atoms. The van der Waals surface area contributed by atoms with E-state index in [0.29, 0.717) is 5.69 Å². The number of hydrogen-bond donors (Lipinski definition) is 1. The standard InChI is InChI=1S/C10H7ClN4O/c11-8-3-5-13-9(15-8)10(16)14-7-2-1-4-12-6-7/h1-6H,(H,14,16). The Hall–Kier alpha value is -2.01. The average Bonchev–Trinajstić information content (AvgIpc) is 2.30. The molecule has 0 saturated heterocycles. The number of hydrogen-bond acceptors (Lipinski definition) is 4. The van der Waals surface area contributed by atoms with Crippen molar-refractivity contribution < 1.29 is 4.79 Å². The molecule has 6 heteroatoms. The molecule has 2 aromatic rings. The fraction of sp³-hybridized carbons (Fsp3) is 0. The molecule has 2 heterocycles. The number of anilines is 1. The summed E-state index contributed by atoms with van der Waals surface area (Å²) < 4.78 is 0. The Morgan fingerprint density at radius 3 is 2.88 bits per heavy atom. The molecule has 0 atom stereocenters. The van der Waals surface area contributed by atoms with Gasteiger partial charge in [-0.05, 0) is 18.2 Å². The number of aromatic nitrogens is 3. The van der Waals surface area contributed by atoms with Crippen molar-refractivity contribution in [3.8, 4) is 0 Å². The minimum Gasteiger partial charge on any atom is -0.318 e. The van der Waals surface area contributed by atoms with Gasteiger partial charge in [-0.1, -0.05) is 11.6 Å². The van der Waals surface area contributed by atoms with E-state index in [4.69, 9.17) is 11.6 Å². The van der Waals surface area contributed by atoms with Crippen molar-refractivity contribution in [3.63, 3.8) is 0 Å². The van der Waals surface area contributed by atoms with Crippen molar-refractivity contribution in [2.75, 3.05) is 5.32 Å². The van der Waals surface area contributed by atoms with Crippen LogP contribution in [0.4, 0.5) is 5.69 Å². The average molecular weight is 235 g/mol. The molecule has 0 saturated carbocycles. The van der Waals surface area contributed by atoms with Crippen molar-refractivity contribution in [1.82, 2.24) is 15.0 Å². The fourth-order valence-electron chi connectivity index (χ4n) is 1.07. The van der Waals surface area contributed by atoms with Crippen molar-refractivity contribution in [2.45, 2.75) is 0 Å². The van der Waals surface area contributed by atoms with Gasteiger partial charge in [0.05, 0.1) is 11.9 Å². The van der Waals surface area contributed by atoms with Crippen molar-refractivity contribution in [1.29, 1.82) is 0 Å². The molecule has 0 unspecified atom stereocenters. The van der Waals surface area contributed by atoms with Crippen LogP contribution in [0, 0.1) is 0 Å². The Morgan fingerprint density at radius 1 is 1.31 bits per heavy atom. The second-order valence-corrected chi connectivity index (χ2v) is 3.29. The second-order valence-electron chi connectivity index (χ2n) is 2.90. The topological polar surface area (TPSA) is 67.8 Å². The first-order valence-corrected chi connectivity index (χ1v) is 4.83. The van der Waals surface area contributed by atoms with Crippen molar-refractivity contribution in [2.24, 2.45) is 0 Å². The molecule has 2 aromatic heterocycles. The molecule has 16 heavy (non-hydrogen) atoms. The fourth-order valence-corrected chi connectivity index (χ4v) is 1.21. The van der Waals surface area contributed by atoms with E-state index in [0.717, 1.165) is 0 Å². The van der Waals surface area contributed by atoms with E-state index in [2.05, 4.69) is 20.3 Å². The van der Waals surface area contributed by atoms with Crippen LogP contribution in [0.25, 0.3) is 0 Å². The van der Waals surface area contributed by atoms with E-state index in [1.807, 2.05) is 0 Å². The lowest BCUT2D eigenvalue weighted by Crippen LogP contribution is -2.15. The monoisotopic (exact) mass is 234 g/mol. The number of pyridine rings is 1. The van der Waals surface area contributed by atoms with Crippen LogP contribution in [-0.2, 0) is 0 Å². The number of amides is 1. The van der Waals surface area contributed by atoms with Crippen LogP contribution in [0.1, 0.15) is 10.6 Å². The lowest BCUT2D eigenvalue weighted by atomic mass is 10.4. The highest BCUT2D eigenvalue weighted by molar-refractivity contribution is 6.29. The Morgan fingerprint density at radius 2 is 2.19 bits per heavy atom. The summed E-state index contributed by atoms with van der Waals surface area (Å²) in [6.07, 6.45) is 4.57. The summed E-state index contributed by atoms with van der Waals surface area (Å²) in [4.78, 5) is 23.1. The van der Waals surface area contributed by atoms with Crippen LogP contribution in [0.3, 0.4) is 0 Å². The molecule has 80 valence electrons. The lowest BCUT2D eigenvalue weighted by Gasteiger charge is -2.02. The van der Waals surface area contributed by atoms with Gasteiger partial charge in [-0.2, -0.15) is 0 Å². The van der Waals surface area contributed by atoms with E-state index in [9.17, 15) is 4.79 Å². The molecule has 2 rings (SSSR count). The van der Waals surface area contributed by atoms with Gasteiger partial charge in [0.25, 0.3) is 5.91 Å². The lowest BCUT2D eigenvalue weighted by molar-refractivity contribution is 0.101. The predicted molar refractivity (Wildman–Crippen MR) is 59.2 cm³/mol. The van der Waals surface area contributed by atoms with Gasteiger partial charge in [-0.3, -0.25) is 9.78 Å². The number of halogens is 1. The van der Waals surface area contributed by atoms with Crippen LogP contribution in [0.15, 0.2) is 36.8 Å². The van der Waals surface area contributed by atoms with Crippen LogP contribution in [0.5, 0.6) is 0 Å². The molecular formula is C10H7ClN4O. The highest BCUT2D eigenvalue weighted by Gasteiger charge is 2.09. The van der Waals surface area contributed by atoms with Gasteiger partial charge in [0.1, 0.15) is 5.15 Å². The Balaban J connectivity index is 2.15. The molecule has 0 fully saturated rings. The number of nitrogens with zero attached hydrogens (tertiary/aromatic N) is 3. The van der Waals surface area contributed by atoms with E-state index >= 15 is 0 Å². The Bertz CT molecular complexity index is 503. The smallest absolute Gasteiger partial charge is 0.293 e. The van der Waals surface area contributed by atoms with E-state index < -0.39 is 5.91 Å². The highest BCUT2D eigenvalue weighted by Crippen LogP contribution is 2.06. The third-order valence-electron chi connectivity index (χ3n) is 1.74. The summed E-state index contributed by atoms with van der Waals surface area (Å²) in [7, 11) is 0. The zero-order chi connectivity index (χ0) is 11.4. The van der Waals surface area contributed by atoms with Gasteiger partial charge in [0.2, 0.25) is 5.82 Å². The van der Waals surface area contributed by atoms with Crippen molar-refractivity contribution >= 4 is 23.2 Å². The summed E-state index contributed by atoms with van der Waals surface area (Å²) in [5.41, 5.74) is 0.580. The van der Waals surface area contributed by atoms with Gasteiger partial charge in [-0.15, -0.1) is 0 Å². The Kier molecular flexibility index (Phi) is 3.07. The zero-order valence-corrected chi connectivity index (χ0v) is 8.85. The molecule has 0 radical (unpaired) electrons. The number of rotatable bonds is 2. The van der Waals surface area contributed by atoms with Gasteiger partial charge in [-0.25, -0.2) is 9.97 Å². The molecular weight excluding hydrogens is 228 g/mol. The van der Waals surface area contributed by atoms with Gasteiger partial charge in [0.15, 0.2) is 0 Å². The summed E-state index contributed by atoms with van der Waals surface area (Å²) in [5.74, 6) is -0.396. The second kappa shape index (κ2) is 4.67. The third kappa shape index (κ3) is 2.52. The normalized spacial score (nSPS) is 9.81. The van der Waals surface area contributed by atoms with Crippen LogP contribution < -0.4 is 5.32 Å². The first-order valence-electron chi connectivity index (χ1n) is 4.45. The number of nitrogens with one attached hydrogen (secondary N) is 1. The molecule has 0 aromatic carbocycles. The van der Waals surface area contributed by atoms with Crippen molar-refractivity contribution in [3.05, 3.63) is 47.8 Å². The van der Waals surface area contributed by atoms with Crippen LogP contribution in [-0.4, -0.2) is 20.9 Å². The summed E-state index contributed by atoms with van der Waals surface area (Å²) in [6, 6.07) is 4.94. The van der Waals surface area contributed by atoms with E-state index in [1.165, 1.54) is 18.5 Å². The minimum absolute atomic E-state index is 0.0244. The molecule has 0 aliphatic carbocycles. The largest absolute Gasteiger partial charge is 0.318 e. The van der Waals surface area contributed by atoms with Gasteiger partial charge >= 0.3 is 0 Å². The maximum Gasteiger partial charge on any atom is 0.293 e. The summed E-state index contributed by atoms with van der Waals surface area (Å²) >= 11 is 5.65. The summed E-state index contributed by atoms with van der Waals surface area (Å²) in [5, 5.41) is 2.83. The first-order chi connectivity index (χ1) is 7.75. The van der Waals surface area contributed by atoms with Gasteiger partial charge in [0, 0.05) is 12.4 Å². The number of carbonyl (C=O) groups is 1. The first kappa shape index (κ1) is 10.5. The quantitative estimate of drug-likeness (QED) is 0.805. The molecule has 0 spiro atoms. The maximum absolute atomic E-state index is 11.6. The third-order valence-corrected chi connectivity index (χ3v) is 1.95. The molecule has 1 N–H and O–H groups in total. The zero-order valence-electron chi connectivity index (χ0n) is 8.09. The highest BCUT2D eigenvalue weighted by atomic mass is 35.5. The Labute approximate surface area is 96.5 Å². The summed E-state index contributed by atoms with van der Waals surface area (Å²) in [6.45, 7) is 0. The SMILES string of the molecule is O=C(Nc1cccnc1)c1nccc(Cl)n1. The van der Waals surface area contributed by atoms with E-state index in [-0.39, 0.29) is 11.0 Å². The van der Waals surface area contributed by atoms with Crippen LogP contribution in [0.2, 0.25) is 5.15 Å². The van der Waals surface area contributed by atoms with Gasteiger partial charge < -0.3 is 5.32 Å². The molecule has 0 aliphatic rings. The van der Waals surface area contributed by atoms with E-state index in [1.54, 1.807) is 18.3 Å².